The van der Waals surface area contributed by atoms with Crippen molar-refractivity contribution in [2.45, 2.75) is 36.5 Å². The number of aliphatic hydroxyl groups is 3. The maximum absolute atomic E-state index is 9.42. The predicted octanol–water partition coefficient (Wildman–Crippen LogP) is -1.47. The Morgan fingerprint density at radius 2 is 1.75 bits per heavy atom. The Balaban J connectivity index is 2.62. The molecule has 0 spiro atoms. The first kappa shape index (κ1) is 10.3. The molecule has 4 nitrogen and oxygen atoms in total. The number of hydrogen-bond donors (Lipinski definition) is 4. The first-order valence-electron chi connectivity index (χ1n) is 4.01. The highest BCUT2D eigenvalue weighted by atomic mass is 32.2. The van der Waals surface area contributed by atoms with Gasteiger partial charge in [0.25, 0.3) is 0 Å². The lowest BCUT2D eigenvalue weighted by Gasteiger charge is -2.17. The summed E-state index contributed by atoms with van der Waals surface area (Å²) in [5.74, 6) is 0.814. The summed E-state index contributed by atoms with van der Waals surface area (Å²) in [5, 5.41) is 27.7. The largest absolute Gasteiger partial charge is 0.389 e. The first-order chi connectivity index (χ1) is 5.59. The van der Waals surface area contributed by atoms with Crippen molar-refractivity contribution in [3.8, 4) is 0 Å². The van der Waals surface area contributed by atoms with Crippen LogP contribution in [-0.2, 0) is 0 Å². The van der Waals surface area contributed by atoms with Gasteiger partial charge in [-0.1, -0.05) is 6.92 Å². The van der Waals surface area contributed by atoms with Gasteiger partial charge in [-0.05, 0) is 5.75 Å². The van der Waals surface area contributed by atoms with E-state index < -0.39 is 24.4 Å². The van der Waals surface area contributed by atoms with Gasteiger partial charge in [0.1, 0.15) is 6.10 Å². The van der Waals surface area contributed by atoms with E-state index in [1.165, 1.54) is 11.8 Å². The van der Waals surface area contributed by atoms with Gasteiger partial charge in [0.2, 0.25) is 0 Å². The lowest BCUT2D eigenvalue weighted by atomic mass is 10.2. The molecule has 0 aliphatic heterocycles. The van der Waals surface area contributed by atoms with Crippen molar-refractivity contribution in [3.05, 3.63) is 0 Å². The molecule has 0 heterocycles. The minimum Gasteiger partial charge on any atom is -0.389 e. The summed E-state index contributed by atoms with van der Waals surface area (Å²) in [5.41, 5.74) is 5.60. The van der Waals surface area contributed by atoms with Crippen molar-refractivity contribution in [3.63, 3.8) is 0 Å². The number of rotatable bonds is 2. The predicted molar refractivity (Wildman–Crippen MR) is 47.9 cm³/mol. The molecule has 0 saturated heterocycles. The van der Waals surface area contributed by atoms with Gasteiger partial charge in [-0.3, -0.25) is 0 Å². The third kappa shape index (κ3) is 1.60. The van der Waals surface area contributed by atoms with E-state index >= 15 is 0 Å². The molecule has 72 valence electrons. The topological polar surface area (TPSA) is 86.7 Å². The summed E-state index contributed by atoms with van der Waals surface area (Å²) in [7, 11) is 0. The summed E-state index contributed by atoms with van der Waals surface area (Å²) in [4.78, 5) is 0. The molecule has 1 rings (SSSR count). The van der Waals surface area contributed by atoms with Crippen LogP contribution in [-0.4, -0.2) is 50.7 Å². The fraction of sp³-hybridized carbons (Fsp3) is 1.00. The smallest absolute Gasteiger partial charge is 0.108 e. The van der Waals surface area contributed by atoms with Gasteiger partial charge in [-0.15, -0.1) is 0 Å². The molecule has 1 fully saturated rings. The first-order valence-corrected chi connectivity index (χ1v) is 5.05. The van der Waals surface area contributed by atoms with Crippen LogP contribution in [0.2, 0.25) is 0 Å². The van der Waals surface area contributed by atoms with Gasteiger partial charge in [-0.2, -0.15) is 11.8 Å². The van der Waals surface area contributed by atoms with Gasteiger partial charge in [0.05, 0.1) is 17.5 Å². The molecule has 12 heavy (non-hydrogen) atoms. The molecule has 0 amide bonds. The van der Waals surface area contributed by atoms with Crippen LogP contribution in [0.1, 0.15) is 6.92 Å². The number of thioether (sulfide) groups is 1. The summed E-state index contributed by atoms with van der Waals surface area (Å²) < 4.78 is 0. The van der Waals surface area contributed by atoms with Crippen LogP contribution < -0.4 is 5.73 Å². The second-order valence-electron chi connectivity index (χ2n) is 2.97. The van der Waals surface area contributed by atoms with Crippen molar-refractivity contribution in [1.82, 2.24) is 0 Å². The van der Waals surface area contributed by atoms with Gasteiger partial charge in [0, 0.05) is 6.04 Å². The maximum Gasteiger partial charge on any atom is 0.108 e. The SMILES string of the molecule is CCS[C@H]1[C@@H](N)[C@H](O)[C@H](O)[C@@H]1O. The molecular weight excluding hydrogens is 178 g/mol. The normalized spacial score (nSPS) is 48.2. The Morgan fingerprint density at radius 3 is 2.08 bits per heavy atom. The van der Waals surface area contributed by atoms with Crippen LogP contribution in [0.25, 0.3) is 0 Å². The van der Waals surface area contributed by atoms with E-state index in [0.717, 1.165) is 5.75 Å². The third-order valence-corrected chi connectivity index (χ3v) is 3.48. The average molecular weight is 193 g/mol. The minimum atomic E-state index is -1.09. The fourth-order valence-corrected chi connectivity index (χ4v) is 2.57. The highest BCUT2D eigenvalue weighted by Crippen LogP contribution is 2.29. The zero-order chi connectivity index (χ0) is 9.30. The Morgan fingerprint density at radius 1 is 1.17 bits per heavy atom. The molecule has 0 aromatic heterocycles. The number of aliphatic hydroxyl groups excluding tert-OH is 3. The Labute approximate surface area is 75.8 Å². The van der Waals surface area contributed by atoms with Crippen molar-refractivity contribution >= 4 is 11.8 Å². The van der Waals surface area contributed by atoms with Gasteiger partial charge >= 0.3 is 0 Å². The maximum atomic E-state index is 9.42. The lowest BCUT2D eigenvalue weighted by Crippen LogP contribution is -2.39. The minimum absolute atomic E-state index is 0.250. The molecule has 0 unspecified atom stereocenters. The summed E-state index contributed by atoms with van der Waals surface area (Å²) >= 11 is 1.47. The van der Waals surface area contributed by atoms with Crippen molar-refractivity contribution in [2.75, 3.05) is 5.75 Å². The lowest BCUT2D eigenvalue weighted by molar-refractivity contribution is -0.0199. The second kappa shape index (κ2) is 3.93. The highest BCUT2D eigenvalue weighted by Gasteiger charge is 2.46. The summed E-state index contributed by atoms with van der Waals surface area (Å²) in [6, 6.07) is -0.528. The standard InChI is InChI=1S/C7H15NO3S/c1-2-12-7-3(8)4(9)5(10)6(7)11/h3-7,9-11H,2,8H2,1H3/t3-,4-,5-,6-,7-/m0/s1. The molecule has 5 atom stereocenters. The monoisotopic (exact) mass is 193 g/mol. The van der Waals surface area contributed by atoms with Crippen LogP contribution in [0, 0.1) is 0 Å². The molecule has 5 N–H and O–H groups in total. The Hall–Kier alpha value is 0.190. The van der Waals surface area contributed by atoms with Crippen LogP contribution in [0.3, 0.4) is 0 Å². The Bertz CT molecular complexity index is 144. The fourth-order valence-electron chi connectivity index (χ4n) is 1.45. The molecule has 0 aromatic rings. The van der Waals surface area contributed by atoms with E-state index in [9.17, 15) is 15.3 Å². The van der Waals surface area contributed by atoms with Crippen molar-refractivity contribution in [1.29, 1.82) is 0 Å². The molecular formula is C7H15NO3S. The quantitative estimate of drug-likeness (QED) is 0.430. The van der Waals surface area contributed by atoms with E-state index in [-0.39, 0.29) is 5.25 Å². The van der Waals surface area contributed by atoms with Crippen LogP contribution >= 0.6 is 11.8 Å². The van der Waals surface area contributed by atoms with Gasteiger partial charge in [0.15, 0.2) is 0 Å². The molecule has 0 radical (unpaired) electrons. The van der Waals surface area contributed by atoms with E-state index in [1.54, 1.807) is 0 Å². The molecule has 0 aromatic carbocycles. The van der Waals surface area contributed by atoms with E-state index in [1.807, 2.05) is 6.92 Å². The summed E-state index contributed by atoms with van der Waals surface area (Å²) in [6.45, 7) is 1.95. The van der Waals surface area contributed by atoms with Gasteiger partial charge in [-0.25, -0.2) is 0 Å². The third-order valence-electron chi connectivity index (χ3n) is 2.17. The molecule has 1 aliphatic carbocycles. The zero-order valence-electron chi connectivity index (χ0n) is 6.92. The van der Waals surface area contributed by atoms with E-state index in [4.69, 9.17) is 5.73 Å². The molecule has 5 heteroatoms. The van der Waals surface area contributed by atoms with Crippen molar-refractivity contribution in [2.24, 2.45) is 5.73 Å². The zero-order valence-corrected chi connectivity index (χ0v) is 7.74. The van der Waals surface area contributed by atoms with Crippen LogP contribution in [0.4, 0.5) is 0 Å². The van der Waals surface area contributed by atoms with Crippen LogP contribution in [0.5, 0.6) is 0 Å². The number of nitrogens with two attached hydrogens (primary N) is 1. The highest BCUT2D eigenvalue weighted by molar-refractivity contribution is 8.00. The van der Waals surface area contributed by atoms with E-state index in [0.29, 0.717) is 0 Å². The van der Waals surface area contributed by atoms with E-state index in [2.05, 4.69) is 0 Å². The van der Waals surface area contributed by atoms with Crippen molar-refractivity contribution < 1.29 is 15.3 Å². The van der Waals surface area contributed by atoms with Crippen LogP contribution in [0.15, 0.2) is 0 Å². The average Bonchev–Trinajstić information content (AvgIpc) is 2.23. The van der Waals surface area contributed by atoms with Gasteiger partial charge < -0.3 is 21.1 Å². The molecule has 1 saturated carbocycles. The second-order valence-corrected chi connectivity index (χ2v) is 4.42. The Kier molecular flexibility index (Phi) is 3.37. The molecule has 0 bridgehead atoms. The number of hydrogen-bond acceptors (Lipinski definition) is 5. The summed E-state index contributed by atoms with van der Waals surface area (Å²) in [6.07, 6.45) is -2.99. The molecule has 1 aliphatic rings.